The van der Waals surface area contributed by atoms with Crippen molar-refractivity contribution in [3.63, 3.8) is 0 Å². The van der Waals surface area contributed by atoms with Gasteiger partial charge in [-0.2, -0.15) is 0 Å². The fourth-order valence-corrected chi connectivity index (χ4v) is 4.43. The summed E-state index contributed by atoms with van der Waals surface area (Å²) in [5.41, 5.74) is 6.59. The second-order valence-electron chi connectivity index (χ2n) is 7.97. The Balaban J connectivity index is 2.03. The van der Waals surface area contributed by atoms with Crippen LogP contribution < -0.4 is 5.73 Å². The predicted octanol–water partition coefficient (Wildman–Crippen LogP) is 3.90. The van der Waals surface area contributed by atoms with Crippen LogP contribution in [0.4, 0.5) is 0 Å². The number of hydrogen-bond acceptors (Lipinski definition) is 2. The minimum absolute atomic E-state index is 0.502. The SMILES string of the molecule is CCC1CCN(C2CC(C(C)(C)CC)CCC2CN)C1. The maximum Gasteiger partial charge on any atom is 0.0138 e. The highest BCUT2D eigenvalue weighted by molar-refractivity contribution is 4.94. The molecule has 4 atom stereocenters. The monoisotopic (exact) mass is 280 g/mol. The molecular weight excluding hydrogens is 244 g/mol. The molecule has 20 heavy (non-hydrogen) atoms. The highest BCUT2D eigenvalue weighted by Crippen LogP contribution is 2.44. The third-order valence-electron chi connectivity index (χ3n) is 6.64. The standard InChI is InChI=1S/C18H36N2/c1-5-14-9-10-20(13-14)17-11-16(18(3,4)6-2)8-7-15(17)12-19/h14-17H,5-13,19H2,1-4H3. The molecule has 1 aliphatic carbocycles. The van der Waals surface area contributed by atoms with E-state index < -0.39 is 0 Å². The molecule has 1 saturated carbocycles. The van der Waals surface area contributed by atoms with Gasteiger partial charge in [0.05, 0.1) is 0 Å². The Morgan fingerprint density at radius 2 is 1.90 bits per heavy atom. The summed E-state index contributed by atoms with van der Waals surface area (Å²) in [4.78, 5) is 2.80. The van der Waals surface area contributed by atoms with Gasteiger partial charge in [0.25, 0.3) is 0 Å². The first kappa shape index (κ1) is 16.3. The molecule has 0 aromatic carbocycles. The number of hydrogen-bond donors (Lipinski definition) is 1. The Morgan fingerprint density at radius 1 is 1.15 bits per heavy atom. The third-order valence-corrected chi connectivity index (χ3v) is 6.64. The fourth-order valence-electron chi connectivity index (χ4n) is 4.43. The van der Waals surface area contributed by atoms with Gasteiger partial charge in [0.1, 0.15) is 0 Å². The van der Waals surface area contributed by atoms with E-state index in [-0.39, 0.29) is 0 Å². The average molecular weight is 280 g/mol. The number of nitrogens with zero attached hydrogens (tertiary/aromatic N) is 1. The van der Waals surface area contributed by atoms with E-state index in [0.29, 0.717) is 5.41 Å². The second kappa shape index (κ2) is 6.79. The maximum atomic E-state index is 6.09. The van der Waals surface area contributed by atoms with Crippen LogP contribution in [0.1, 0.15) is 66.2 Å². The Hall–Kier alpha value is -0.0800. The van der Waals surface area contributed by atoms with Crippen molar-refractivity contribution in [3.8, 4) is 0 Å². The van der Waals surface area contributed by atoms with Crippen molar-refractivity contribution in [2.24, 2.45) is 28.9 Å². The summed E-state index contributed by atoms with van der Waals surface area (Å²) in [6.07, 6.45) is 8.19. The zero-order valence-electron chi connectivity index (χ0n) is 14.2. The molecule has 0 bridgehead atoms. The van der Waals surface area contributed by atoms with Crippen molar-refractivity contribution < 1.29 is 0 Å². The molecule has 1 heterocycles. The summed E-state index contributed by atoms with van der Waals surface area (Å²) < 4.78 is 0. The van der Waals surface area contributed by atoms with Crippen LogP contribution in [0.3, 0.4) is 0 Å². The smallest absolute Gasteiger partial charge is 0.0138 e. The summed E-state index contributed by atoms with van der Waals surface area (Å²) >= 11 is 0. The highest BCUT2D eigenvalue weighted by atomic mass is 15.2. The first-order chi connectivity index (χ1) is 9.51. The Bertz CT molecular complexity index is 300. The Labute approximate surface area is 126 Å². The Morgan fingerprint density at radius 3 is 2.45 bits per heavy atom. The van der Waals surface area contributed by atoms with Gasteiger partial charge in [0.2, 0.25) is 0 Å². The minimum atomic E-state index is 0.502. The Kier molecular flexibility index (Phi) is 5.53. The summed E-state index contributed by atoms with van der Waals surface area (Å²) in [6, 6.07) is 0.765. The highest BCUT2D eigenvalue weighted by Gasteiger charge is 2.40. The zero-order chi connectivity index (χ0) is 14.8. The molecule has 0 amide bonds. The first-order valence-electron chi connectivity index (χ1n) is 8.95. The summed E-state index contributed by atoms with van der Waals surface area (Å²) in [7, 11) is 0. The molecule has 2 fully saturated rings. The molecule has 2 aliphatic rings. The van der Waals surface area contributed by atoms with Gasteiger partial charge in [-0.05, 0) is 61.9 Å². The quantitative estimate of drug-likeness (QED) is 0.827. The van der Waals surface area contributed by atoms with Crippen LogP contribution in [0.15, 0.2) is 0 Å². The fraction of sp³-hybridized carbons (Fsp3) is 1.00. The van der Waals surface area contributed by atoms with Crippen molar-refractivity contribution >= 4 is 0 Å². The first-order valence-corrected chi connectivity index (χ1v) is 8.95. The maximum absolute atomic E-state index is 6.09. The van der Waals surface area contributed by atoms with E-state index in [2.05, 4.69) is 32.6 Å². The molecule has 2 N–H and O–H groups in total. The van der Waals surface area contributed by atoms with E-state index in [1.807, 2.05) is 0 Å². The third kappa shape index (κ3) is 3.39. The van der Waals surface area contributed by atoms with Gasteiger partial charge in [-0.25, -0.2) is 0 Å². The molecule has 118 valence electrons. The number of likely N-dealkylation sites (tertiary alicyclic amines) is 1. The van der Waals surface area contributed by atoms with Gasteiger partial charge in [-0.3, -0.25) is 4.90 Å². The molecule has 4 unspecified atom stereocenters. The van der Waals surface area contributed by atoms with Crippen molar-refractivity contribution in [2.45, 2.75) is 72.3 Å². The van der Waals surface area contributed by atoms with Gasteiger partial charge in [-0.1, -0.05) is 40.5 Å². The van der Waals surface area contributed by atoms with E-state index in [0.717, 1.165) is 30.3 Å². The van der Waals surface area contributed by atoms with Gasteiger partial charge in [-0.15, -0.1) is 0 Å². The lowest BCUT2D eigenvalue weighted by Gasteiger charge is -2.46. The molecular formula is C18H36N2. The van der Waals surface area contributed by atoms with Crippen LogP contribution in [0.2, 0.25) is 0 Å². The number of rotatable bonds is 5. The van der Waals surface area contributed by atoms with Gasteiger partial charge >= 0.3 is 0 Å². The molecule has 0 spiro atoms. The average Bonchev–Trinajstić information content (AvgIpc) is 2.95. The largest absolute Gasteiger partial charge is 0.330 e. The van der Waals surface area contributed by atoms with Crippen molar-refractivity contribution in [1.82, 2.24) is 4.90 Å². The lowest BCUT2D eigenvalue weighted by Crippen LogP contribution is -2.48. The van der Waals surface area contributed by atoms with Crippen molar-refractivity contribution in [1.29, 1.82) is 0 Å². The molecule has 2 nitrogen and oxygen atoms in total. The van der Waals surface area contributed by atoms with E-state index in [1.165, 1.54) is 51.6 Å². The van der Waals surface area contributed by atoms with Crippen LogP contribution >= 0.6 is 0 Å². The normalized spacial score (nSPS) is 36.5. The molecule has 2 heteroatoms. The lowest BCUT2D eigenvalue weighted by molar-refractivity contribution is 0.0473. The lowest BCUT2D eigenvalue weighted by atomic mass is 9.65. The molecule has 1 aliphatic heterocycles. The summed E-state index contributed by atoms with van der Waals surface area (Å²) in [5.74, 6) is 2.57. The zero-order valence-corrected chi connectivity index (χ0v) is 14.2. The van der Waals surface area contributed by atoms with E-state index in [4.69, 9.17) is 5.73 Å². The number of nitrogens with two attached hydrogens (primary N) is 1. The van der Waals surface area contributed by atoms with Gasteiger partial charge < -0.3 is 5.73 Å². The van der Waals surface area contributed by atoms with Gasteiger partial charge in [0, 0.05) is 12.6 Å². The van der Waals surface area contributed by atoms with E-state index in [1.54, 1.807) is 0 Å². The van der Waals surface area contributed by atoms with Crippen LogP contribution in [0.25, 0.3) is 0 Å². The van der Waals surface area contributed by atoms with Crippen LogP contribution in [0.5, 0.6) is 0 Å². The molecule has 0 radical (unpaired) electrons. The molecule has 1 saturated heterocycles. The van der Waals surface area contributed by atoms with Gasteiger partial charge in [0.15, 0.2) is 0 Å². The molecule has 0 aromatic heterocycles. The summed E-state index contributed by atoms with van der Waals surface area (Å²) in [6.45, 7) is 13.2. The second-order valence-corrected chi connectivity index (χ2v) is 7.97. The topological polar surface area (TPSA) is 29.3 Å². The van der Waals surface area contributed by atoms with Crippen LogP contribution in [0, 0.1) is 23.2 Å². The van der Waals surface area contributed by atoms with E-state index in [9.17, 15) is 0 Å². The van der Waals surface area contributed by atoms with Crippen LogP contribution in [-0.4, -0.2) is 30.6 Å². The minimum Gasteiger partial charge on any atom is -0.330 e. The molecule has 0 aromatic rings. The summed E-state index contributed by atoms with van der Waals surface area (Å²) in [5, 5.41) is 0. The van der Waals surface area contributed by atoms with E-state index >= 15 is 0 Å². The van der Waals surface area contributed by atoms with Crippen LogP contribution in [-0.2, 0) is 0 Å². The predicted molar refractivity (Wildman–Crippen MR) is 87.7 cm³/mol. The van der Waals surface area contributed by atoms with Crippen molar-refractivity contribution in [3.05, 3.63) is 0 Å². The van der Waals surface area contributed by atoms with Crippen molar-refractivity contribution in [2.75, 3.05) is 19.6 Å². The molecule has 2 rings (SSSR count).